The van der Waals surface area contributed by atoms with Crippen LogP contribution in [0, 0.1) is 0 Å². The Balaban J connectivity index is 1.88. The van der Waals surface area contributed by atoms with Gasteiger partial charge in [0, 0.05) is 18.1 Å². The Morgan fingerprint density at radius 1 is 1.15 bits per heavy atom. The van der Waals surface area contributed by atoms with Gasteiger partial charge >= 0.3 is 0 Å². The zero-order chi connectivity index (χ0) is 14.4. The molecule has 2 N–H and O–H groups in total. The third-order valence-electron chi connectivity index (χ3n) is 2.48. The lowest BCUT2D eigenvalue weighted by atomic mass is 10.2. The molecule has 0 bridgehead atoms. The van der Waals surface area contributed by atoms with Crippen molar-refractivity contribution in [1.82, 2.24) is 10.3 Å². The Kier molecular flexibility index (Phi) is 4.68. The fourth-order valence-corrected chi connectivity index (χ4v) is 1.72. The summed E-state index contributed by atoms with van der Waals surface area (Å²) in [4.78, 5) is 27.3. The van der Waals surface area contributed by atoms with E-state index in [0.29, 0.717) is 10.7 Å². The van der Waals surface area contributed by atoms with Gasteiger partial charge in [-0.15, -0.1) is 0 Å². The second-order valence-electron chi connectivity index (χ2n) is 3.95. The van der Waals surface area contributed by atoms with Crippen molar-refractivity contribution in [3.05, 3.63) is 59.4 Å². The molecule has 2 aromatic rings. The highest BCUT2D eigenvalue weighted by atomic mass is 35.5. The average Bonchev–Trinajstić information content (AvgIpc) is 2.46. The summed E-state index contributed by atoms with van der Waals surface area (Å²) in [5, 5.41) is 5.44. The van der Waals surface area contributed by atoms with Gasteiger partial charge in [0.1, 0.15) is 0 Å². The van der Waals surface area contributed by atoms with E-state index in [-0.39, 0.29) is 18.0 Å². The fraction of sp³-hybridized carbons (Fsp3) is 0.0714. The van der Waals surface area contributed by atoms with Crippen molar-refractivity contribution in [3.63, 3.8) is 0 Å². The molecule has 0 saturated heterocycles. The number of hydrogen-bond acceptors (Lipinski definition) is 3. The Morgan fingerprint density at radius 2 is 1.90 bits per heavy atom. The fourth-order valence-electron chi connectivity index (χ4n) is 1.53. The number of amides is 2. The summed E-state index contributed by atoms with van der Waals surface area (Å²) in [5.41, 5.74) is 0.910. The third kappa shape index (κ3) is 3.80. The van der Waals surface area contributed by atoms with Crippen molar-refractivity contribution in [2.75, 3.05) is 11.9 Å². The maximum Gasteiger partial charge on any atom is 0.254 e. The number of halogens is 1. The number of benzene rings is 1. The van der Waals surface area contributed by atoms with Gasteiger partial charge in [-0.3, -0.25) is 14.6 Å². The largest absolute Gasteiger partial charge is 0.343 e. The number of nitrogens with zero attached hydrogens (tertiary/aromatic N) is 1. The lowest BCUT2D eigenvalue weighted by molar-refractivity contribution is -0.115. The van der Waals surface area contributed by atoms with Crippen LogP contribution in [0.1, 0.15) is 10.4 Å². The summed E-state index contributed by atoms with van der Waals surface area (Å²) in [6.07, 6.45) is 2.84. The van der Waals surface area contributed by atoms with Crippen LogP contribution < -0.4 is 10.6 Å². The van der Waals surface area contributed by atoms with E-state index in [1.165, 1.54) is 18.5 Å². The highest BCUT2D eigenvalue weighted by Crippen LogP contribution is 2.12. The van der Waals surface area contributed by atoms with Crippen LogP contribution in [0.2, 0.25) is 5.02 Å². The molecule has 1 aromatic carbocycles. The van der Waals surface area contributed by atoms with Crippen LogP contribution in [-0.4, -0.2) is 23.3 Å². The summed E-state index contributed by atoms with van der Waals surface area (Å²) in [6, 6.07) is 10.5. The molecular weight excluding hydrogens is 278 g/mol. The number of carbonyl (C=O) groups is 2. The lowest BCUT2D eigenvalue weighted by Crippen LogP contribution is -2.33. The standard InChI is InChI=1S/C14H12ClN3O2/c15-12-6-7-16-8-11(12)14(20)17-9-13(19)18-10-4-2-1-3-5-10/h1-8H,9H2,(H,17,20)(H,18,19). The lowest BCUT2D eigenvalue weighted by Gasteiger charge is -2.07. The van der Waals surface area contributed by atoms with Crippen molar-refractivity contribution in [2.45, 2.75) is 0 Å². The van der Waals surface area contributed by atoms with Gasteiger partial charge in [-0.25, -0.2) is 0 Å². The van der Waals surface area contributed by atoms with Crippen LogP contribution in [0.4, 0.5) is 5.69 Å². The van der Waals surface area contributed by atoms with Crippen molar-refractivity contribution in [1.29, 1.82) is 0 Å². The number of hydrogen-bond donors (Lipinski definition) is 2. The molecule has 0 fully saturated rings. The molecule has 1 aromatic heterocycles. The summed E-state index contributed by atoms with van der Waals surface area (Å²) >= 11 is 5.86. The van der Waals surface area contributed by atoms with Crippen molar-refractivity contribution < 1.29 is 9.59 Å². The summed E-state index contributed by atoms with van der Waals surface area (Å²) in [5.74, 6) is -0.754. The first-order chi connectivity index (χ1) is 9.66. The first-order valence-corrected chi connectivity index (χ1v) is 6.27. The zero-order valence-corrected chi connectivity index (χ0v) is 11.2. The number of carbonyl (C=O) groups excluding carboxylic acids is 2. The van der Waals surface area contributed by atoms with Gasteiger partial charge < -0.3 is 10.6 Å². The van der Waals surface area contributed by atoms with E-state index < -0.39 is 5.91 Å². The van der Waals surface area contributed by atoms with Gasteiger partial charge in [-0.2, -0.15) is 0 Å². The minimum Gasteiger partial charge on any atom is -0.343 e. The van der Waals surface area contributed by atoms with E-state index in [2.05, 4.69) is 15.6 Å². The monoisotopic (exact) mass is 289 g/mol. The van der Waals surface area contributed by atoms with Crippen LogP contribution in [0.15, 0.2) is 48.8 Å². The summed E-state index contributed by atoms with van der Waals surface area (Å²) < 4.78 is 0. The molecular formula is C14H12ClN3O2. The first kappa shape index (κ1) is 14.0. The number of rotatable bonds is 4. The predicted octanol–water partition coefficient (Wildman–Crippen LogP) is 2.10. The van der Waals surface area contributed by atoms with Gasteiger partial charge in [0.15, 0.2) is 0 Å². The minimum absolute atomic E-state index is 0.140. The molecule has 0 atom stereocenters. The smallest absolute Gasteiger partial charge is 0.254 e. The number of anilines is 1. The van der Waals surface area contributed by atoms with E-state index in [1.807, 2.05) is 18.2 Å². The highest BCUT2D eigenvalue weighted by Gasteiger charge is 2.11. The molecule has 0 aliphatic carbocycles. The number of para-hydroxylation sites is 1. The van der Waals surface area contributed by atoms with E-state index >= 15 is 0 Å². The second-order valence-corrected chi connectivity index (χ2v) is 4.36. The molecule has 20 heavy (non-hydrogen) atoms. The van der Waals surface area contributed by atoms with Crippen LogP contribution in [0.3, 0.4) is 0 Å². The van der Waals surface area contributed by atoms with E-state index in [4.69, 9.17) is 11.6 Å². The van der Waals surface area contributed by atoms with Crippen LogP contribution in [0.25, 0.3) is 0 Å². The van der Waals surface area contributed by atoms with E-state index in [9.17, 15) is 9.59 Å². The molecule has 0 aliphatic rings. The van der Waals surface area contributed by atoms with Gasteiger partial charge in [0.2, 0.25) is 5.91 Å². The molecule has 0 spiro atoms. The van der Waals surface area contributed by atoms with Crippen LogP contribution in [-0.2, 0) is 4.79 Å². The predicted molar refractivity (Wildman–Crippen MR) is 76.7 cm³/mol. The van der Waals surface area contributed by atoms with Crippen molar-refractivity contribution >= 4 is 29.1 Å². The molecule has 0 unspecified atom stereocenters. The van der Waals surface area contributed by atoms with Crippen LogP contribution in [0.5, 0.6) is 0 Å². The summed E-state index contributed by atoms with van der Waals surface area (Å²) in [7, 11) is 0. The number of pyridine rings is 1. The number of aromatic nitrogens is 1. The molecule has 1 heterocycles. The topological polar surface area (TPSA) is 71.1 Å². The molecule has 0 aliphatic heterocycles. The normalized spacial score (nSPS) is 9.85. The average molecular weight is 290 g/mol. The molecule has 6 heteroatoms. The molecule has 102 valence electrons. The Bertz CT molecular complexity index is 617. The summed E-state index contributed by atoms with van der Waals surface area (Å²) in [6.45, 7) is -0.140. The van der Waals surface area contributed by atoms with Gasteiger partial charge in [0.05, 0.1) is 17.1 Å². The molecule has 2 rings (SSSR count). The van der Waals surface area contributed by atoms with Gasteiger partial charge in [0.25, 0.3) is 5.91 Å². The molecule has 0 saturated carbocycles. The second kappa shape index (κ2) is 6.68. The van der Waals surface area contributed by atoms with E-state index in [0.717, 1.165) is 0 Å². The maximum absolute atomic E-state index is 11.8. The van der Waals surface area contributed by atoms with Crippen molar-refractivity contribution in [3.8, 4) is 0 Å². The van der Waals surface area contributed by atoms with Gasteiger partial charge in [-0.1, -0.05) is 29.8 Å². The van der Waals surface area contributed by atoms with E-state index in [1.54, 1.807) is 12.1 Å². The molecule has 5 nitrogen and oxygen atoms in total. The number of nitrogens with one attached hydrogen (secondary N) is 2. The first-order valence-electron chi connectivity index (χ1n) is 5.89. The third-order valence-corrected chi connectivity index (χ3v) is 2.81. The molecule has 2 amide bonds. The zero-order valence-electron chi connectivity index (χ0n) is 10.5. The Labute approximate surface area is 121 Å². The van der Waals surface area contributed by atoms with Crippen LogP contribution >= 0.6 is 11.6 Å². The minimum atomic E-state index is -0.439. The van der Waals surface area contributed by atoms with Crippen molar-refractivity contribution in [2.24, 2.45) is 0 Å². The van der Waals surface area contributed by atoms with Gasteiger partial charge in [-0.05, 0) is 18.2 Å². The Hall–Kier alpha value is -2.40. The quantitative estimate of drug-likeness (QED) is 0.905. The Morgan fingerprint density at radius 3 is 2.60 bits per heavy atom. The highest BCUT2D eigenvalue weighted by molar-refractivity contribution is 6.33. The SMILES string of the molecule is O=C(CNC(=O)c1cnccc1Cl)Nc1ccccc1. The molecule has 0 radical (unpaired) electrons. The maximum atomic E-state index is 11.8.